The number of fused-ring (bicyclic) bond motifs is 1. The summed E-state index contributed by atoms with van der Waals surface area (Å²) in [6, 6.07) is 23.2. The zero-order valence-corrected chi connectivity index (χ0v) is 19.2. The molecule has 0 unspecified atom stereocenters. The van der Waals surface area contributed by atoms with Crippen molar-refractivity contribution < 1.29 is 17.9 Å². The molecule has 1 aliphatic heterocycles. The van der Waals surface area contributed by atoms with Gasteiger partial charge in [0.25, 0.3) is 10.0 Å². The molecular weight excluding hydrogens is 438 g/mol. The quantitative estimate of drug-likeness (QED) is 0.487. The molecule has 0 fully saturated rings. The van der Waals surface area contributed by atoms with E-state index in [1.54, 1.807) is 42.5 Å². The number of sulfonamides is 1. The number of amidine groups is 1. The molecule has 0 saturated carbocycles. The van der Waals surface area contributed by atoms with E-state index in [0.717, 1.165) is 5.75 Å². The Bertz CT molecular complexity index is 1280. The van der Waals surface area contributed by atoms with Crippen molar-refractivity contribution in [2.45, 2.75) is 31.6 Å². The van der Waals surface area contributed by atoms with Gasteiger partial charge in [0, 0.05) is 18.5 Å². The van der Waals surface area contributed by atoms with Gasteiger partial charge in [0.05, 0.1) is 5.69 Å². The summed E-state index contributed by atoms with van der Waals surface area (Å²) in [7, 11) is -3.75. The number of para-hydroxylation sites is 2. The Morgan fingerprint density at radius 2 is 1.58 bits per heavy atom. The third-order valence-electron chi connectivity index (χ3n) is 5.08. The van der Waals surface area contributed by atoms with Gasteiger partial charge in [0.2, 0.25) is 5.91 Å². The number of amides is 1. The molecule has 0 radical (unpaired) electrons. The van der Waals surface area contributed by atoms with E-state index >= 15 is 0 Å². The number of ether oxygens (including phenoxy) is 1. The van der Waals surface area contributed by atoms with Crippen molar-refractivity contribution in [1.82, 2.24) is 0 Å². The van der Waals surface area contributed by atoms with Crippen molar-refractivity contribution in [3.05, 3.63) is 78.9 Å². The highest BCUT2D eigenvalue weighted by molar-refractivity contribution is 7.90. The second kappa shape index (κ2) is 9.07. The van der Waals surface area contributed by atoms with Crippen LogP contribution in [-0.2, 0) is 14.8 Å². The van der Waals surface area contributed by atoms with Gasteiger partial charge in [-0.15, -0.1) is 4.40 Å². The maximum Gasteiger partial charge on any atom is 0.286 e. The van der Waals surface area contributed by atoms with Crippen LogP contribution in [0.2, 0.25) is 0 Å². The fourth-order valence-corrected chi connectivity index (χ4v) is 4.78. The van der Waals surface area contributed by atoms with E-state index in [-0.39, 0.29) is 17.2 Å². The summed E-state index contributed by atoms with van der Waals surface area (Å²) < 4.78 is 34.6. The topological polar surface area (TPSA) is 96.9 Å². The number of nitrogens with one attached hydrogen (secondary N) is 2. The molecule has 0 spiro atoms. The van der Waals surface area contributed by atoms with E-state index in [1.165, 1.54) is 6.07 Å². The molecule has 1 heterocycles. The van der Waals surface area contributed by atoms with Crippen LogP contribution in [-0.4, -0.2) is 20.2 Å². The van der Waals surface area contributed by atoms with Gasteiger partial charge in [-0.3, -0.25) is 4.79 Å². The Labute approximate surface area is 193 Å². The van der Waals surface area contributed by atoms with Gasteiger partial charge in [0.1, 0.15) is 22.2 Å². The van der Waals surface area contributed by atoms with Crippen LogP contribution in [0.1, 0.15) is 26.7 Å². The summed E-state index contributed by atoms with van der Waals surface area (Å²) in [4.78, 5) is 12.8. The summed E-state index contributed by atoms with van der Waals surface area (Å²) in [5, 5.41) is 5.97. The van der Waals surface area contributed by atoms with Crippen molar-refractivity contribution in [3.63, 3.8) is 0 Å². The fourth-order valence-electron chi connectivity index (χ4n) is 3.63. The first-order valence-electron chi connectivity index (χ1n) is 10.5. The maximum absolute atomic E-state index is 12.7. The summed E-state index contributed by atoms with van der Waals surface area (Å²) in [5.41, 5.74) is 0.634. The smallest absolute Gasteiger partial charge is 0.286 e. The van der Waals surface area contributed by atoms with Gasteiger partial charge >= 0.3 is 0 Å². The zero-order chi connectivity index (χ0) is 23.5. The van der Waals surface area contributed by atoms with Crippen molar-refractivity contribution in [2.75, 3.05) is 10.6 Å². The molecule has 8 heteroatoms. The van der Waals surface area contributed by atoms with Crippen molar-refractivity contribution >= 4 is 33.1 Å². The Balaban J connectivity index is 1.36. The van der Waals surface area contributed by atoms with Crippen LogP contribution in [0.25, 0.3) is 0 Å². The van der Waals surface area contributed by atoms with Crippen molar-refractivity contribution in [2.24, 2.45) is 9.81 Å². The van der Waals surface area contributed by atoms with E-state index < -0.39 is 15.4 Å². The van der Waals surface area contributed by atoms with Crippen LogP contribution in [0.15, 0.2) is 88.2 Å². The molecule has 0 bridgehead atoms. The van der Waals surface area contributed by atoms with Gasteiger partial charge in [-0.05, 0) is 53.9 Å². The highest BCUT2D eigenvalue weighted by atomic mass is 32.2. The van der Waals surface area contributed by atoms with E-state index in [1.807, 2.05) is 44.2 Å². The lowest BCUT2D eigenvalue weighted by atomic mass is 9.84. The first-order chi connectivity index (χ1) is 15.7. The molecule has 1 aliphatic rings. The van der Waals surface area contributed by atoms with Crippen LogP contribution >= 0.6 is 0 Å². The van der Waals surface area contributed by atoms with Crippen molar-refractivity contribution in [1.29, 1.82) is 0 Å². The molecule has 0 atom stereocenters. The van der Waals surface area contributed by atoms with Gasteiger partial charge in [-0.25, -0.2) is 0 Å². The maximum atomic E-state index is 12.7. The summed E-state index contributed by atoms with van der Waals surface area (Å²) in [6.45, 7) is 3.81. The summed E-state index contributed by atoms with van der Waals surface area (Å²) in [5.74, 6) is 1.56. The Hall–Kier alpha value is -3.65. The van der Waals surface area contributed by atoms with Crippen molar-refractivity contribution in [3.8, 4) is 11.5 Å². The fraction of sp³-hybridized carbons (Fsp3) is 0.200. The molecular formula is C25H25N3O4S. The number of benzene rings is 3. The lowest BCUT2D eigenvalue weighted by molar-refractivity contribution is -0.117. The second-order valence-electron chi connectivity index (χ2n) is 8.64. The number of rotatable bonds is 7. The predicted molar refractivity (Wildman–Crippen MR) is 129 cm³/mol. The number of carbonyl (C=O) groups excluding carboxylic acids is 1. The number of carbonyl (C=O) groups is 1. The minimum atomic E-state index is -3.75. The van der Waals surface area contributed by atoms with E-state index in [9.17, 15) is 13.2 Å². The standard InChI is InChI=1S/C25H25N3O4S/c1-25(2,16-23-27-21-10-6-7-11-22(21)33(30,31)28-23)17-24(29)26-18-12-14-20(15-13-18)32-19-8-4-3-5-9-19/h3-15H,16-17H2,1-2H3,(H,26,29)(H,27,28). The Morgan fingerprint density at radius 1 is 0.939 bits per heavy atom. The monoisotopic (exact) mass is 463 g/mol. The molecule has 3 aromatic carbocycles. The molecule has 1 amide bonds. The molecule has 0 saturated heterocycles. The number of hydrogen-bond acceptors (Lipinski definition) is 5. The average molecular weight is 464 g/mol. The zero-order valence-electron chi connectivity index (χ0n) is 18.4. The predicted octanol–water partition coefficient (Wildman–Crippen LogP) is 5.44. The third kappa shape index (κ3) is 5.78. The number of anilines is 2. The van der Waals surface area contributed by atoms with Crippen LogP contribution in [0, 0.1) is 5.41 Å². The highest BCUT2D eigenvalue weighted by Gasteiger charge is 2.30. The first kappa shape index (κ1) is 22.5. The van der Waals surface area contributed by atoms with Gasteiger partial charge in [0.15, 0.2) is 0 Å². The summed E-state index contributed by atoms with van der Waals surface area (Å²) >= 11 is 0. The molecule has 3 aromatic rings. The molecule has 0 aliphatic carbocycles. The molecule has 4 rings (SSSR count). The molecule has 7 nitrogen and oxygen atoms in total. The second-order valence-corrected chi connectivity index (χ2v) is 10.2. The minimum absolute atomic E-state index is 0.156. The minimum Gasteiger partial charge on any atom is -0.457 e. The van der Waals surface area contributed by atoms with Crippen LogP contribution in [0.4, 0.5) is 11.4 Å². The lowest BCUT2D eigenvalue weighted by Crippen LogP contribution is -2.30. The number of nitrogens with zero attached hydrogens (tertiary/aromatic N) is 1. The number of hydrogen-bond donors (Lipinski definition) is 2. The largest absolute Gasteiger partial charge is 0.457 e. The normalized spacial score (nSPS) is 14.4. The molecule has 0 aromatic heterocycles. The van der Waals surface area contributed by atoms with Crippen LogP contribution < -0.4 is 15.4 Å². The molecule has 2 N–H and O–H groups in total. The summed E-state index contributed by atoms with van der Waals surface area (Å²) in [6.07, 6.45) is 0.496. The SMILES string of the molecule is CC(C)(CC(=O)Nc1ccc(Oc2ccccc2)cc1)CC1=NS(=O)(=O)c2ccccc2N1. The first-order valence-corrected chi connectivity index (χ1v) is 12.0. The Kier molecular flexibility index (Phi) is 6.20. The van der Waals surface area contributed by atoms with Gasteiger partial charge in [-0.2, -0.15) is 8.42 Å². The highest BCUT2D eigenvalue weighted by Crippen LogP contribution is 2.32. The van der Waals surface area contributed by atoms with Crippen LogP contribution in [0.3, 0.4) is 0 Å². The third-order valence-corrected chi connectivity index (χ3v) is 6.45. The van der Waals surface area contributed by atoms with Gasteiger partial charge < -0.3 is 15.4 Å². The lowest BCUT2D eigenvalue weighted by Gasteiger charge is -2.27. The average Bonchev–Trinajstić information content (AvgIpc) is 2.74. The van der Waals surface area contributed by atoms with Crippen LogP contribution in [0.5, 0.6) is 11.5 Å². The Morgan fingerprint density at radius 3 is 2.30 bits per heavy atom. The molecule has 33 heavy (non-hydrogen) atoms. The van der Waals surface area contributed by atoms with Gasteiger partial charge in [-0.1, -0.05) is 44.2 Å². The van der Waals surface area contributed by atoms with E-state index in [0.29, 0.717) is 29.4 Å². The van der Waals surface area contributed by atoms with E-state index in [2.05, 4.69) is 15.0 Å². The van der Waals surface area contributed by atoms with E-state index in [4.69, 9.17) is 4.74 Å². The molecule has 170 valence electrons.